The molecule has 6 aliphatic heterocycles. The summed E-state index contributed by atoms with van der Waals surface area (Å²) in [7, 11) is -8.08. The van der Waals surface area contributed by atoms with Crippen LogP contribution in [0.4, 0.5) is 0 Å². The minimum absolute atomic E-state index is 0.0351. The summed E-state index contributed by atoms with van der Waals surface area (Å²) in [5.41, 5.74) is 0. The summed E-state index contributed by atoms with van der Waals surface area (Å²) in [5.74, 6) is -1.66. The summed E-state index contributed by atoms with van der Waals surface area (Å²) in [6.45, 7) is 3.16. The molecule has 18 N–H and O–H groups in total. The van der Waals surface area contributed by atoms with Crippen molar-refractivity contribution in [3.05, 3.63) is 24.3 Å². The van der Waals surface area contributed by atoms with E-state index in [-0.39, 0.29) is 61.9 Å². The average Bonchev–Trinajstić information content (AvgIpc) is 0.794. The van der Waals surface area contributed by atoms with E-state index in [1.165, 1.54) is 18.2 Å². The van der Waals surface area contributed by atoms with E-state index in [1.54, 1.807) is 27.7 Å². The van der Waals surface area contributed by atoms with E-state index in [2.05, 4.69) is 0 Å². The number of ether oxygens (including phenoxy) is 12. The molecule has 7 rings (SSSR count). The largest absolute Gasteiger partial charge is 0.394 e. The van der Waals surface area contributed by atoms with Crippen LogP contribution in [0.2, 0.25) is 0 Å². The lowest BCUT2D eigenvalue weighted by Gasteiger charge is -2.47. The molecule has 0 radical (unpaired) electrons. The monoisotopic (exact) mass is 1370 g/mol. The second-order valence-corrected chi connectivity index (χ2v) is 28.9. The van der Waals surface area contributed by atoms with Crippen LogP contribution in [0.25, 0.3) is 0 Å². The molecule has 6 aliphatic rings. The van der Waals surface area contributed by atoms with E-state index in [0.29, 0.717) is 0 Å². The second-order valence-electron chi connectivity index (χ2n) is 24.7. The highest BCUT2D eigenvalue weighted by Crippen LogP contribution is 2.36. The van der Waals surface area contributed by atoms with Crippen LogP contribution in [0.5, 0.6) is 0 Å². The number of benzene rings is 1. The summed E-state index contributed by atoms with van der Waals surface area (Å²) >= 11 is 0. The van der Waals surface area contributed by atoms with Crippen molar-refractivity contribution < 1.29 is 166 Å². The number of unbranched alkanes of at least 4 members (excludes halogenated alkanes) is 2. The molecule has 1 aromatic carbocycles. The minimum Gasteiger partial charge on any atom is -0.394 e. The summed E-state index contributed by atoms with van der Waals surface area (Å²) in [5, 5.41) is 191. The molecule has 36 heteroatoms. The van der Waals surface area contributed by atoms with Gasteiger partial charge in [0.1, 0.15) is 146 Å². The van der Waals surface area contributed by atoms with Crippen molar-refractivity contribution in [2.24, 2.45) is 11.8 Å². The zero-order valence-electron chi connectivity index (χ0n) is 51.1. The Morgan fingerprint density at radius 2 is 0.696 bits per heavy atom. The second kappa shape index (κ2) is 34.1. The Kier molecular flexibility index (Phi) is 28.7. The van der Waals surface area contributed by atoms with Gasteiger partial charge in [0.2, 0.25) is 0 Å². The van der Waals surface area contributed by atoms with Gasteiger partial charge >= 0.3 is 0 Å². The highest BCUT2D eigenvalue weighted by atomic mass is 32.2. The van der Waals surface area contributed by atoms with Crippen molar-refractivity contribution in [1.29, 1.82) is 0 Å². The van der Waals surface area contributed by atoms with Crippen molar-refractivity contribution in [3.8, 4) is 0 Å². The van der Waals surface area contributed by atoms with E-state index >= 15 is 0 Å². The average molecular weight is 1380 g/mol. The summed E-state index contributed by atoms with van der Waals surface area (Å²) < 4.78 is 122. The van der Waals surface area contributed by atoms with Gasteiger partial charge in [-0.1, -0.05) is 33.8 Å². The first kappa shape index (κ1) is 77.3. The maximum Gasteiger partial charge on any atom is 0.187 e. The molecule has 0 aliphatic carbocycles. The maximum absolute atomic E-state index is 13.4. The summed E-state index contributed by atoms with van der Waals surface area (Å²) in [4.78, 5) is -0.517. The standard InChI is InChI=1S/C56H94O34S2/c1-23(2)49-47(73)51(89-55-45(71)39(65)33(59)27(17-57)85-55)37(63)31(83-49)21-81-53-43(69)41(67)35(61)29(87-53)19-79-12-5-7-14-91(75,76)25-10-9-11-26(16-25)92(77,78)15-8-6-13-80-20-30-36(62)42(68)44(70)54(88-30)82-22-32-38(64)52(48(74)50(84-32)24(3)4)90-56-46(72)40(66)34(60)28(18-58)86-56/h9-11,16,23-24,27-74H,5-8,12-15,17-22H2,1-4H3. The number of hydrogen-bond acceptors (Lipinski definition) is 34. The lowest BCUT2D eigenvalue weighted by molar-refractivity contribution is -0.349. The van der Waals surface area contributed by atoms with Crippen LogP contribution in [-0.2, 0) is 76.5 Å². The van der Waals surface area contributed by atoms with Gasteiger partial charge in [0.15, 0.2) is 44.8 Å². The van der Waals surface area contributed by atoms with Gasteiger partial charge < -0.3 is 149 Å². The highest BCUT2D eigenvalue weighted by molar-refractivity contribution is 7.92. The maximum atomic E-state index is 13.4. The predicted octanol–water partition coefficient (Wildman–Crippen LogP) is -8.86. The van der Waals surface area contributed by atoms with Crippen molar-refractivity contribution in [2.75, 3.05) is 64.4 Å². The van der Waals surface area contributed by atoms with Crippen molar-refractivity contribution in [3.63, 3.8) is 0 Å². The zero-order valence-corrected chi connectivity index (χ0v) is 52.7. The summed E-state index contributed by atoms with van der Waals surface area (Å²) in [6.07, 6.45) is -47.6. The molecule has 0 spiro atoms. The van der Waals surface area contributed by atoms with Crippen molar-refractivity contribution in [1.82, 2.24) is 0 Å². The molecule has 0 amide bonds. The van der Waals surface area contributed by atoms with Gasteiger partial charge in [0.05, 0.1) is 73.1 Å². The van der Waals surface area contributed by atoms with Gasteiger partial charge in [-0.3, -0.25) is 0 Å². The van der Waals surface area contributed by atoms with Gasteiger partial charge in [-0.05, 0) is 55.7 Å². The van der Waals surface area contributed by atoms with E-state index in [1.807, 2.05) is 0 Å². The SMILES string of the molecule is CC(C)C1OC(COC2OC(COCCCCS(=O)(=O)c3cccc(S(=O)(=O)CCCCOCC4OC(OCC5OC(C(C)C)C(O)C(OC6OC(CO)C(O)C(O)C6O)C5O)C(O)C(O)C4O)c3)C(O)C(O)C2O)C(O)C(OC2OC(CO)C(O)C(O)C2O)C1O. The number of hydrogen-bond donors (Lipinski definition) is 18. The van der Waals surface area contributed by atoms with Crippen LogP contribution >= 0.6 is 0 Å². The van der Waals surface area contributed by atoms with Crippen LogP contribution in [0.15, 0.2) is 34.1 Å². The molecule has 92 heavy (non-hydrogen) atoms. The van der Waals surface area contributed by atoms with Crippen LogP contribution < -0.4 is 0 Å². The first-order chi connectivity index (χ1) is 43.3. The number of rotatable bonds is 30. The van der Waals surface area contributed by atoms with Crippen LogP contribution in [0.3, 0.4) is 0 Å². The first-order valence-corrected chi connectivity index (χ1v) is 33.9. The van der Waals surface area contributed by atoms with Gasteiger partial charge in [0.25, 0.3) is 0 Å². The Morgan fingerprint density at radius 3 is 1.03 bits per heavy atom. The van der Waals surface area contributed by atoms with Gasteiger partial charge in [-0.25, -0.2) is 16.8 Å². The third kappa shape index (κ3) is 18.4. The molecule has 1 aromatic rings. The Balaban J connectivity index is 0.820. The fourth-order valence-corrected chi connectivity index (χ4v) is 14.4. The fourth-order valence-electron chi connectivity index (χ4n) is 11.5. The fraction of sp³-hybridized carbons (Fsp3) is 0.893. The molecular weight excluding hydrogens is 1280 g/mol. The minimum atomic E-state index is -4.04. The molecule has 6 saturated heterocycles. The van der Waals surface area contributed by atoms with Crippen LogP contribution in [0.1, 0.15) is 53.4 Å². The molecule has 0 aromatic heterocycles. The third-order valence-electron chi connectivity index (χ3n) is 17.2. The molecule has 30 unspecified atom stereocenters. The molecule has 0 saturated carbocycles. The number of aliphatic hydroxyl groups is 18. The Hall–Kier alpha value is -2.08. The first-order valence-electron chi connectivity index (χ1n) is 30.6. The van der Waals surface area contributed by atoms with E-state index in [0.717, 1.165) is 6.07 Å². The van der Waals surface area contributed by atoms with Crippen LogP contribution in [0, 0.1) is 11.8 Å². The highest BCUT2D eigenvalue weighted by Gasteiger charge is 2.55. The number of sulfone groups is 2. The van der Waals surface area contributed by atoms with Crippen molar-refractivity contribution in [2.45, 2.75) is 247 Å². The molecule has 6 fully saturated rings. The zero-order chi connectivity index (χ0) is 67.8. The van der Waals surface area contributed by atoms with Crippen molar-refractivity contribution >= 4 is 19.7 Å². The molecular formula is C56H94O34S2. The predicted molar refractivity (Wildman–Crippen MR) is 304 cm³/mol. The quantitative estimate of drug-likeness (QED) is 0.0318. The van der Waals surface area contributed by atoms with E-state index in [4.69, 9.17) is 56.8 Å². The van der Waals surface area contributed by atoms with Gasteiger partial charge in [-0.15, -0.1) is 0 Å². The molecule has 0 bridgehead atoms. The molecule has 30 atom stereocenters. The molecule has 34 nitrogen and oxygen atoms in total. The normalized spacial score (nSPS) is 42.6. The third-order valence-corrected chi connectivity index (χ3v) is 20.8. The van der Waals surface area contributed by atoms with E-state index < -0.39 is 253 Å². The number of aliphatic hydroxyl groups excluding tert-OH is 18. The topological polar surface area (TPSA) is 543 Å². The molecule has 534 valence electrons. The Morgan fingerprint density at radius 1 is 0.380 bits per heavy atom. The lowest BCUT2D eigenvalue weighted by Crippen LogP contribution is -2.65. The summed E-state index contributed by atoms with van der Waals surface area (Å²) in [6, 6.07) is 4.83. The van der Waals surface area contributed by atoms with Gasteiger partial charge in [-0.2, -0.15) is 0 Å². The van der Waals surface area contributed by atoms with Gasteiger partial charge in [0, 0.05) is 13.2 Å². The lowest BCUT2D eigenvalue weighted by atomic mass is 9.89. The smallest absolute Gasteiger partial charge is 0.187 e. The Labute approximate surface area is 531 Å². The Bertz CT molecular complexity index is 2440. The van der Waals surface area contributed by atoms with E-state index in [9.17, 15) is 109 Å². The van der Waals surface area contributed by atoms with Crippen LogP contribution in [-0.4, -0.2) is 357 Å². The molecule has 6 heterocycles.